The normalized spacial score (nSPS) is 10.5. The van der Waals surface area contributed by atoms with Gasteiger partial charge >= 0.3 is 5.97 Å². The van der Waals surface area contributed by atoms with Gasteiger partial charge < -0.3 is 9.84 Å². The quantitative estimate of drug-likeness (QED) is 0.771. The number of halogens is 2. The van der Waals surface area contributed by atoms with E-state index in [0.29, 0.717) is 16.9 Å². The first kappa shape index (κ1) is 14.6. The zero-order valence-corrected chi connectivity index (χ0v) is 11.5. The van der Waals surface area contributed by atoms with Gasteiger partial charge in [0, 0.05) is 6.07 Å². The Morgan fingerprint density at radius 3 is 2.30 bits per heavy atom. The van der Waals surface area contributed by atoms with Crippen molar-refractivity contribution in [1.82, 2.24) is 15.4 Å². The topological polar surface area (TPSA) is 88.1 Å². The number of H-pyrrole nitrogens is 1. The van der Waals surface area contributed by atoms with Gasteiger partial charge in [-0.25, -0.2) is 18.7 Å². The number of carboxylic acid groups (broad SMARTS) is 1. The van der Waals surface area contributed by atoms with Gasteiger partial charge in [0.1, 0.15) is 17.4 Å². The van der Waals surface area contributed by atoms with E-state index in [1.54, 1.807) is 12.1 Å². The first-order valence-electron chi connectivity index (χ1n) is 6.41. The highest BCUT2D eigenvalue weighted by atomic mass is 19.1. The van der Waals surface area contributed by atoms with Crippen LogP contribution >= 0.6 is 0 Å². The molecule has 6 nitrogen and oxygen atoms in total. The zero-order valence-electron chi connectivity index (χ0n) is 11.5. The Morgan fingerprint density at radius 2 is 1.70 bits per heavy atom. The lowest BCUT2D eigenvalue weighted by Crippen LogP contribution is -1.99. The van der Waals surface area contributed by atoms with E-state index >= 15 is 0 Å². The van der Waals surface area contributed by atoms with Crippen LogP contribution in [0, 0.1) is 11.6 Å². The molecule has 1 heterocycles. The van der Waals surface area contributed by atoms with Crippen LogP contribution < -0.4 is 4.74 Å². The maximum atomic E-state index is 13.2. The van der Waals surface area contributed by atoms with Crippen LogP contribution in [-0.4, -0.2) is 26.5 Å². The third-order valence-electron chi connectivity index (χ3n) is 2.99. The summed E-state index contributed by atoms with van der Waals surface area (Å²) >= 11 is 0. The predicted molar refractivity (Wildman–Crippen MR) is 75.2 cm³/mol. The molecule has 3 rings (SSSR count). The van der Waals surface area contributed by atoms with Crippen molar-refractivity contribution in [2.24, 2.45) is 0 Å². The Balaban J connectivity index is 1.84. The lowest BCUT2D eigenvalue weighted by atomic mass is 10.1. The average Bonchev–Trinajstić information content (AvgIpc) is 2.95. The maximum Gasteiger partial charge on any atom is 0.362 e. The summed E-state index contributed by atoms with van der Waals surface area (Å²) in [5.74, 6) is -2.41. The van der Waals surface area contributed by atoms with E-state index in [-0.39, 0.29) is 11.6 Å². The molecule has 0 radical (unpaired) electrons. The number of rotatable bonds is 4. The monoisotopic (exact) mass is 317 g/mol. The molecule has 0 unspecified atom stereocenters. The second-order valence-corrected chi connectivity index (χ2v) is 4.58. The summed E-state index contributed by atoms with van der Waals surface area (Å²) in [5, 5.41) is 18.0. The molecular weight excluding hydrogens is 308 g/mol. The molecule has 0 amide bonds. The number of hydrogen-bond acceptors (Lipinski definition) is 4. The summed E-state index contributed by atoms with van der Waals surface area (Å²) in [7, 11) is 0. The molecule has 0 atom stereocenters. The van der Waals surface area contributed by atoms with Crippen molar-refractivity contribution < 1.29 is 23.4 Å². The van der Waals surface area contributed by atoms with E-state index < -0.39 is 17.6 Å². The minimum atomic E-state index is -1.28. The van der Waals surface area contributed by atoms with Crippen molar-refractivity contribution in [3.63, 3.8) is 0 Å². The Bertz CT molecular complexity index is 842. The molecule has 0 aliphatic carbocycles. The van der Waals surface area contributed by atoms with Gasteiger partial charge in [-0.1, -0.05) is 17.3 Å². The number of aromatic nitrogens is 3. The van der Waals surface area contributed by atoms with Crippen molar-refractivity contribution in [2.45, 2.75) is 0 Å². The Labute approximate surface area is 128 Å². The Kier molecular flexibility index (Phi) is 3.71. The predicted octanol–water partition coefficient (Wildman–Crippen LogP) is 3.24. The van der Waals surface area contributed by atoms with Gasteiger partial charge in [-0.3, -0.25) is 0 Å². The summed E-state index contributed by atoms with van der Waals surface area (Å²) in [5.41, 5.74) is 0.613. The third kappa shape index (κ3) is 3.15. The minimum Gasteiger partial charge on any atom is -0.476 e. The highest BCUT2D eigenvalue weighted by Crippen LogP contribution is 2.27. The number of ether oxygens (including phenoxy) is 1. The second-order valence-electron chi connectivity index (χ2n) is 4.58. The van der Waals surface area contributed by atoms with E-state index in [9.17, 15) is 13.6 Å². The summed E-state index contributed by atoms with van der Waals surface area (Å²) in [6.45, 7) is 0. The highest BCUT2D eigenvalue weighted by molar-refractivity contribution is 5.87. The van der Waals surface area contributed by atoms with Crippen molar-refractivity contribution in [1.29, 1.82) is 0 Å². The molecule has 0 fully saturated rings. The number of nitrogens with one attached hydrogen (secondary N) is 1. The van der Waals surface area contributed by atoms with Crippen LogP contribution in [0.1, 0.15) is 10.5 Å². The number of benzene rings is 2. The molecule has 0 saturated heterocycles. The number of carbonyl (C=O) groups is 1. The summed E-state index contributed by atoms with van der Waals surface area (Å²) in [4.78, 5) is 10.9. The van der Waals surface area contributed by atoms with Crippen molar-refractivity contribution in [3.05, 3.63) is 59.8 Å². The Hall–Kier alpha value is -3.29. The number of nitrogens with zero attached hydrogens (tertiary/aromatic N) is 2. The van der Waals surface area contributed by atoms with Crippen LogP contribution in [0.25, 0.3) is 11.1 Å². The highest BCUT2D eigenvalue weighted by Gasteiger charge is 2.16. The van der Waals surface area contributed by atoms with Gasteiger partial charge in [0.25, 0.3) is 5.88 Å². The van der Waals surface area contributed by atoms with E-state index in [4.69, 9.17) is 9.84 Å². The van der Waals surface area contributed by atoms with Crippen LogP contribution in [-0.2, 0) is 0 Å². The first-order valence-corrected chi connectivity index (χ1v) is 6.41. The van der Waals surface area contributed by atoms with Crippen LogP contribution in [0.3, 0.4) is 0 Å². The molecule has 2 N–H and O–H groups in total. The fraction of sp³-hybridized carbons (Fsp3) is 0. The molecule has 23 heavy (non-hydrogen) atoms. The molecule has 3 aromatic rings. The molecule has 0 spiro atoms. The van der Waals surface area contributed by atoms with Gasteiger partial charge in [0.05, 0.1) is 0 Å². The van der Waals surface area contributed by atoms with Gasteiger partial charge in [-0.05, 0) is 35.4 Å². The van der Waals surface area contributed by atoms with E-state index in [1.165, 1.54) is 24.3 Å². The SMILES string of the molecule is O=C(O)c1nn[nH]c1Oc1ccc(-c2cc(F)cc(F)c2)cc1. The zero-order chi connectivity index (χ0) is 16.4. The molecule has 0 aliphatic rings. The van der Waals surface area contributed by atoms with E-state index in [1.807, 2.05) is 0 Å². The number of aromatic amines is 1. The maximum absolute atomic E-state index is 13.2. The van der Waals surface area contributed by atoms with E-state index in [0.717, 1.165) is 6.07 Å². The smallest absolute Gasteiger partial charge is 0.362 e. The first-order chi connectivity index (χ1) is 11.0. The van der Waals surface area contributed by atoms with Crippen molar-refractivity contribution in [3.8, 4) is 22.8 Å². The number of hydrogen-bond donors (Lipinski definition) is 2. The molecule has 116 valence electrons. The average molecular weight is 317 g/mol. The van der Waals surface area contributed by atoms with Gasteiger partial charge in [0.2, 0.25) is 5.69 Å². The third-order valence-corrected chi connectivity index (χ3v) is 2.99. The second kappa shape index (κ2) is 5.84. The molecular formula is C15H9F2N3O3. The van der Waals surface area contributed by atoms with Crippen LogP contribution in [0.2, 0.25) is 0 Å². The van der Waals surface area contributed by atoms with Crippen molar-refractivity contribution >= 4 is 5.97 Å². The minimum absolute atomic E-state index is 0.109. The lowest BCUT2D eigenvalue weighted by Gasteiger charge is -2.06. The Morgan fingerprint density at radius 1 is 1.04 bits per heavy atom. The molecule has 0 aliphatic heterocycles. The van der Waals surface area contributed by atoms with Gasteiger partial charge in [0.15, 0.2) is 0 Å². The fourth-order valence-electron chi connectivity index (χ4n) is 1.98. The van der Waals surface area contributed by atoms with Crippen LogP contribution in [0.4, 0.5) is 8.78 Å². The summed E-state index contributed by atoms with van der Waals surface area (Å²) in [6, 6.07) is 9.46. The van der Waals surface area contributed by atoms with Gasteiger partial charge in [-0.15, -0.1) is 5.10 Å². The summed E-state index contributed by atoms with van der Waals surface area (Å²) < 4.78 is 31.8. The lowest BCUT2D eigenvalue weighted by molar-refractivity contribution is 0.0687. The van der Waals surface area contributed by atoms with Crippen LogP contribution in [0.5, 0.6) is 11.6 Å². The molecule has 2 aromatic carbocycles. The number of aromatic carboxylic acids is 1. The van der Waals surface area contributed by atoms with Crippen LogP contribution in [0.15, 0.2) is 42.5 Å². The van der Waals surface area contributed by atoms with Gasteiger partial charge in [-0.2, -0.15) is 0 Å². The number of carboxylic acids is 1. The fourth-order valence-corrected chi connectivity index (χ4v) is 1.98. The molecule has 1 aromatic heterocycles. The van der Waals surface area contributed by atoms with E-state index in [2.05, 4.69) is 15.4 Å². The largest absolute Gasteiger partial charge is 0.476 e. The summed E-state index contributed by atoms with van der Waals surface area (Å²) in [6.07, 6.45) is 0. The standard InChI is InChI=1S/C15H9F2N3O3/c16-10-5-9(6-11(17)7-10)8-1-3-12(4-2-8)23-14-13(15(21)22)18-20-19-14/h1-7H,(H,21,22)(H,18,19,20). The molecule has 8 heteroatoms. The van der Waals surface area contributed by atoms with Crippen molar-refractivity contribution in [2.75, 3.05) is 0 Å². The molecule has 0 saturated carbocycles. The molecule has 0 bridgehead atoms.